The van der Waals surface area contributed by atoms with Crippen LogP contribution in [-0.4, -0.2) is 17.4 Å². The van der Waals surface area contributed by atoms with E-state index in [2.05, 4.69) is 0 Å². The first-order valence-electron chi connectivity index (χ1n) is 4.40. The zero-order chi connectivity index (χ0) is 12.1. The summed E-state index contributed by atoms with van der Waals surface area (Å²) in [6.07, 6.45) is 0.221. The highest BCUT2D eigenvalue weighted by atomic mass is 19.1. The zero-order valence-corrected chi connectivity index (χ0v) is 8.27. The van der Waals surface area contributed by atoms with E-state index in [1.165, 1.54) is 6.07 Å². The van der Waals surface area contributed by atoms with Gasteiger partial charge in [0.2, 0.25) is 5.82 Å². The first-order valence-corrected chi connectivity index (χ1v) is 4.40. The Hall–Kier alpha value is -2.18. The van der Waals surface area contributed by atoms with Crippen LogP contribution in [0.25, 0.3) is 0 Å². The molecule has 1 aromatic carbocycles. The molecule has 16 heavy (non-hydrogen) atoms. The minimum atomic E-state index is -0.953. The lowest BCUT2D eigenvalue weighted by atomic mass is 10.3. The number of ether oxygens (including phenoxy) is 1. The van der Waals surface area contributed by atoms with E-state index in [0.717, 1.165) is 12.1 Å². The van der Waals surface area contributed by atoms with E-state index in [0.29, 0.717) is 0 Å². The summed E-state index contributed by atoms with van der Waals surface area (Å²) in [5.41, 5.74) is 4.49. The van der Waals surface area contributed by atoms with Gasteiger partial charge in [-0.1, -0.05) is 0 Å². The van der Waals surface area contributed by atoms with Crippen LogP contribution in [0.3, 0.4) is 0 Å². The average Bonchev–Trinajstić information content (AvgIpc) is 2.16. The van der Waals surface area contributed by atoms with Gasteiger partial charge < -0.3 is 10.5 Å². The summed E-state index contributed by atoms with van der Waals surface area (Å²) in [4.78, 5) is 9.51. The van der Waals surface area contributed by atoms with E-state index in [1.54, 1.807) is 0 Å². The standard InChI is InChI=1S/C9H10FN3O3/c10-7-5-6(16-4-3-9(11)12)1-2-8(7)13(14)15/h1-2,5H,3-4H2,(H3,11,12). The van der Waals surface area contributed by atoms with E-state index < -0.39 is 16.4 Å². The Morgan fingerprint density at radius 1 is 1.62 bits per heavy atom. The van der Waals surface area contributed by atoms with E-state index >= 15 is 0 Å². The topological polar surface area (TPSA) is 102 Å². The molecule has 0 aliphatic carbocycles. The molecule has 0 unspecified atom stereocenters. The van der Waals surface area contributed by atoms with E-state index in [4.69, 9.17) is 15.9 Å². The largest absolute Gasteiger partial charge is 0.493 e. The van der Waals surface area contributed by atoms with Crippen molar-refractivity contribution < 1.29 is 14.1 Å². The lowest BCUT2D eigenvalue weighted by Gasteiger charge is -2.05. The lowest BCUT2D eigenvalue weighted by molar-refractivity contribution is -0.387. The van der Waals surface area contributed by atoms with Gasteiger partial charge >= 0.3 is 5.69 Å². The van der Waals surface area contributed by atoms with Crippen molar-refractivity contribution in [2.45, 2.75) is 6.42 Å². The molecule has 0 aromatic heterocycles. The Labute approximate surface area is 90.5 Å². The number of halogens is 1. The highest BCUT2D eigenvalue weighted by molar-refractivity contribution is 5.76. The third-order valence-electron chi connectivity index (χ3n) is 1.76. The lowest BCUT2D eigenvalue weighted by Crippen LogP contribution is -2.13. The van der Waals surface area contributed by atoms with Crippen molar-refractivity contribution in [3.8, 4) is 5.75 Å². The summed E-state index contributed by atoms with van der Waals surface area (Å²) < 4.78 is 18.1. The van der Waals surface area contributed by atoms with Gasteiger partial charge in [-0.15, -0.1) is 0 Å². The Bertz CT molecular complexity index is 422. The number of hydrogen-bond acceptors (Lipinski definition) is 4. The molecule has 0 bridgehead atoms. The van der Waals surface area contributed by atoms with Crippen LogP contribution in [0.1, 0.15) is 6.42 Å². The molecular formula is C9H10FN3O3. The third kappa shape index (κ3) is 3.19. The fraction of sp³-hybridized carbons (Fsp3) is 0.222. The van der Waals surface area contributed by atoms with Crippen LogP contribution >= 0.6 is 0 Å². The Morgan fingerprint density at radius 3 is 2.81 bits per heavy atom. The first-order chi connectivity index (χ1) is 7.50. The molecule has 86 valence electrons. The number of nitro benzene ring substituents is 1. The molecule has 0 aliphatic rings. The summed E-state index contributed by atoms with van der Waals surface area (Å²) in [6, 6.07) is 3.25. The molecule has 0 aliphatic heterocycles. The second kappa shape index (κ2) is 5.06. The van der Waals surface area contributed by atoms with Gasteiger partial charge in [0.25, 0.3) is 0 Å². The SMILES string of the molecule is N=C(N)CCOc1ccc([N+](=O)[O-])c(F)c1. The Kier molecular flexibility index (Phi) is 3.76. The van der Waals surface area contributed by atoms with Crippen molar-refractivity contribution in [2.24, 2.45) is 5.73 Å². The second-order valence-corrected chi connectivity index (χ2v) is 2.99. The summed E-state index contributed by atoms with van der Waals surface area (Å²) >= 11 is 0. The number of nitrogens with zero attached hydrogens (tertiary/aromatic N) is 1. The number of nitrogens with two attached hydrogens (primary N) is 1. The molecule has 0 atom stereocenters. The van der Waals surface area contributed by atoms with E-state index in [9.17, 15) is 14.5 Å². The number of benzene rings is 1. The van der Waals surface area contributed by atoms with Gasteiger partial charge in [-0.05, 0) is 6.07 Å². The van der Waals surface area contributed by atoms with Crippen molar-refractivity contribution in [1.29, 1.82) is 5.41 Å². The fourth-order valence-electron chi connectivity index (χ4n) is 1.00. The van der Waals surface area contributed by atoms with E-state index in [-0.39, 0.29) is 24.6 Å². The molecule has 0 heterocycles. The molecule has 1 rings (SSSR count). The molecule has 6 nitrogen and oxygen atoms in total. The normalized spacial score (nSPS) is 9.81. The van der Waals surface area contributed by atoms with Crippen LogP contribution in [0.2, 0.25) is 0 Å². The molecular weight excluding hydrogens is 217 g/mol. The summed E-state index contributed by atoms with van der Waals surface area (Å²) in [6.45, 7) is 0.132. The quantitative estimate of drug-likeness (QED) is 0.344. The maximum Gasteiger partial charge on any atom is 0.305 e. The van der Waals surface area contributed by atoms with Crippen molar-refractivity contribution in [3.05, 3.63) is 34.1 Å². The number of nitrogens with one attached hydrogen (secondary N) is 1. The molecule has 0 spiro atoms. The number of rotatable bonds is 5. The summed E-state index contributed by atoms with van der Waals surface area (Å²) in [7, 11) is 0. The molecule has 0 saturated heterocycles. The number of nitro groups is 1. The van der Waals surface area contributed by atoms with Crippen LogP contribution in [0.5, 0.6) is 5.75 Å². The van der Waals surface area contributed by atoms with Gasteiger partial charge in [0.1, 0.15) is 5.75 Å². The molecule has 1 aromatic rings. The van der Waals surface area contributed by atoms with Crippen LogP contribution in [0, 0.1) is 21.3 Å². The molecule has 0 fully saturated rings. The maximum absolute atomic E-state index is 13.1. The number of hydrogen-bond donors (Lipinski definition) is 2. The van der Waals surface area contributed by atoms with Crippen molar-refractivity contribution in [1.82, 2.24) is 0 Å². The van der Waals surface area contributed by atoms with Gasteiger partial charge in [-0.3, -0.25) is 15.5 Å². The zero-order valence-electron chi connectivity index (χ0n) is 8.27. The van der Waals surface area contributed by atoms with Crippen molar-refractivity contribution in [2.75, 3.05) is 6.61 Å². The minimum Gasteiger partial charge on any atom is -0.493 e. The highest BCUT2D eigenvalue weighted by Crippen LogP contribution is 2.22. The van der Waals surface area contributed by atoms with Gasteiger partial charge in [0, 0.05) is 18.6 Å². The molecule has 0 radical (unpaired) electrons. The van der Waals surface area contributed by atoms with Crippen LogP contribution in [0.4, 0.5) is 10.1 Å². The maximum atomic E-state index is 13.1. The number of amidine groups is 1. The van der Waals surface area contributed by atoms with Gasteiger partial charge in [0.05, 0.1) is 17.4 Å². The van der Waals surface area contributed by atoms with E-state index in [1.807, 2.05) is 0 Å². The smallest absolute Gasteiger partial charge is 0.305 e. The Balaban J connectivity index is 2.66. The molecule has 3 N–H and O–H groups in total. The van der Waals surface area contributed by atoms with Gasteiger partial charge in [-0.25, -0.2) is 0 Å². The monoisotopic (exact) mass is 227 g/mol. The minimum absolute atomic E-state index is 0.0395. The van der Waals surface area contributed by atoms with Crippen molar-refractivity contribution >= 4 is 11.5 Å². The van der Waals surface area contributed by atoms with Crippen molar-refractivity contribution in [3.63, 3.8) is 0 Å². The van der Waals surface area contributed by atoms with Gasteiger partial charge in [-0.2, -0.15) is 4.39 Å². The predicted octanol–water partition coefficient (Wildman–Crippen LogP) is 1.44. The average molecular weight is 227 g/mol. The molecule has 0 amide bonds. The summed E-state index contributed by atoms with van der Waals surface area (Å²) in [5.74, 6) is -0.822. The van der Waals surface area contributed by atoms with Crippen LogP contribution in [0.15, 0.2) is 18.2 Å². The highest BCUT2D eigenvalue weighted by Gasteiger charge is 2.13. The van der Waals surface area contributed by atoms with Gasteiger partial charge in [0.15, 0.2) is 0 Å². The van der Waals surface area contributed by atoms with Crippen LogP contribution in [-0.2, 0) is 0 Å². The van der Waals surface area contributed by atoms with Crippen LogP contribution < -0.4 is 10.5 Å². The third-order valence-corrected chi connectivity index (χ3v) is 1.76. The Morgan fingerprint density at radius 2 is 2.31 bits per heavy atom. The summed E-state index contributed by atoms with van der Waals surface area (Å²) in [5, 5.41) is 17.2. The molecule has 0 saturated carbocycles. The second-order valence-electron chi connectivity index (χ2n) is 2.99. The molecule has 7 heteroatoms. The predicted molar refractivity (Wildman–Crippen MR) is 55.1 cm³/mol. The fourth-order valence-corrected chi connectivity index (χ4v) is 1.00. The first kappa shape index (κ1) is 11.9.